The predicted octanol–water partition coefficient (Wildman–Crippen LogP) is 3.48. The third-order valence-electron chi connectivity index (χ3n) is 5.14. The quantitative estimate of drug-likeness (QED) is 0.723. The Morgan fingerprint density at radius 2 is 2.04 bits per heavy atom. The van der Waals surface area contributed by atoms with Gasteiger partial charge in [-0.15, -0.1) is 11.3 Å². The molecule has 3 N–H and O–H groups in total. The third-order valence-corrected chi connectivity index (χ3v) is 6.35. The number of hydrogen-bond acceptors (Lipinski definition) is 4. The van der Waals surface area contributed by atoms with Crippen molar-refractivity contribution in [1.82, 2.24) is 4.57 Å². The van der Waals surface area contributed by atoms with Crippen LogP contribution in [-0.2, 0) is 19.9 Å². The van der Waals surface area contributed by atoms with Crippen LogP contribution in [0.3, 0.4) is 0 Å². The molecule has 0 fully saturated rings. The third kappa shape index (κ3) is 2.88. The Balaban J connectivity index is 1.73. The molecule has 0 saturated carbocycles. The maximum absolute atomic E-state index is 13.0. The Hall–Kier alpha value is -2.80. The van der Waals surface area contributed by atoms with Crippen molar-refractivity contribution < 1.29 is 14.3 Å². The number of thiophene rings is 1. The van der Waals surface area contributed by atoms with Crippen LogP contribution in [0.5, 0.6) is 5.75 Å². The highest BCUT2D eigenvalue weighted by Gasteiger charge is 2.26. The molecule has 0 saturated heterocycles. The van der Waals surface area contributed by atoms with Crippen LogP contribution in [0.1, 0.15) is 44.1 Å². The second kappa shape index (κ2) is 6.74. The average Bonchev–Trinajstić information content (AvgIpc) is 3.19. The number of aryl methyl sites for hydroxylation is 2. The van der Waals surface area contributed by atoms with E-state index in [1.165, 1.54) is 11.3 Å². The van der Waals surface area contributed by atoms with Crippen LogP contribution < -0.4 is 15.8 Å². The number of carbonyl (C=O) groups is 2. The molecule has 0 bridgehead atoms. The minimum absolute atomic E-state index is 0.267. The number of methoxy groups -OCH3 is 1. The number of fused-ring (bicyclic) bond motifs is 2. The molecule has 2 amide bonds. The second-order valence-electron chi connectivity index (χ2n) is 6.72. The Morgan fingerprint density at radius 3 is 2.78 bits per heavy atom. The minimum Gasteiger partial charge on any atom is -0.496 e. The Bertz CT molecular complexity index is 1060. The van der Waals surface area contributed by atoms with Gasteiger partial charge in [-0.2, -0.15) is 0 Å². The van der Waals surface area contributed by atoms with Crippen molar-refractivity contribution in [3.05, 3.63) is 46.0 Å². The first-order chi connectivity index (χ1) is 13.0. The van der Waals surface area contributed by atoms with Crippen molar-refractivity contribution in [2.45, 2.75) is 25.7 Å². The zero-order chi connectivity index (χ0) is 19.1. The lowest BCUT2D eigenvalue weighted by Crippen LogP contribution is -2.19. The number of primary amides is 1. The number of nitrogens with two attached hydrogens (primary N) is 1. The van der Waals surface area contributed by atoms with Gasteiger partial charge in [0.1, 0.15) is 16.4 Å². The van der Waals surface area contributed by atoms with Gasteiger partial charge in [-0.3, -0.25) is 9.59 Å². The fourth-order valence-corrected chi connectivity index (χ4v) is 5.10. The normalized spacial score (nSPS) is 13.4. The molecule has 140 valence electrons. The second-order valence-corrected chi connectivity index (χ2v) is 7.82. The van der Waals surface area contributed by atoms with E-state index in [4.69, 9.17) is 10.5 Å². The monoisotopic (exact) mass is 383 g/mol. The summed E-state index contributed by atoms with van der Waals surface area (Å²) in [7, 11) is 3.45. The largest absolute Gasteiger partial charge is 0.496 e. The van der Waals surface area contributed by atoms with Gasteiger partial charge in [0.2, 0.25) is 0 Å². The number of aromatic nitrogens is 1. The first-order valence-electron chi connectivity index (χ1n) is 8.89. The minimum atomic E-state index is -0.483. The van der Waals surface area contributed by atoms with Crippen LogP contribution in [0.25, 0.3) is 10.9 Å². The summed E-state index contributed by atoms with van der Waals surface area (Å²) in [6.07, 6.45) is 3.91. The van der Waals surface area contributed by atoms with Gasteiger partial charge in [-0.25, -0.2) is 0 Å². The lowest BCUT2D eigenvalue weighted by molar-refractivity contribution is 0.100. The summed E-state index contributed by atoms with van der Waals surface area (Å²) in [5.74, 6) is -0.0353. The van der Waals surface area contributed by atoms with Crippen LogP contribution in [-0.4, -0.2) is 23.5 Å². The summed E-state index contributed by atoms with van der Waals surface area (Å²) in [5, 5.41) is 4.34. The van der Waals surface area contributed by atoms with Crippen molar-refractivity contribution in [2.75, 3.05) is 12.4 Å². The molecule has 0 unspecified atom stereocenters. The number of rotatable bonds is 4. The number of ether oxygens (including phenoxy) is 1. The molecule has 27 heavy (non-hydrogen) atoms. The van der Waals surface area contributed by atoms with Crippen LogP contribution in [0.15, 0.2) is 24.3 Å². The van der Waals surface area contributed by atoms with Gasteiger partial charge in [0.05, 0.1) is 18.2 Å². The average molecular weight is 383 g/mol. The van der Waals surface area contributed by atoms with Crippen molar-refractivity contribution in [3.63, 3.8) is 0 Å². The number of benzene rings is 1. The standard InChI is InChI=1S/C20H21N3O3S/c1-23-13-7-5-8-15(26-2)12(13)10-14(23)19(25)22-20-17(18(21)24)11-6-3-4-9-16(11)27-20/h5,7-8,10H,3-4,6,9H2,1-2H3,(H2,21,24)(H,22,25). The fourth-order valence-electron chi connectivity index (χ4n) is 3.81. The number of carbonyl (C=O) groups excluding carboxylic acids is 2. The molecular formula is C20H21N3O3S. The summed E-state index contributed by atoms with van der Waals surface area (Å²) in [5.41, 5.74) is 8.50. The first-order valence-corrected chi connectivity index (χ1v) is 9.71. The van der Waals surface area contributed by atoms with Gasteiger partial charge < -0.3 is 20.4 Å². The molecule has 6 nitrogen and oxygen atoms in total. The zero-order valence-electron chi connectivity index (χ0n) is 15.3. The van der Waals surface area contributed by atoms with Gasteiger partial charge in [-0.1, -0.05) is 6.07 Å². The maximum Gasteiger partial charge on any atom is 0.272 e. The Morgan fingerprint density at radius 1 is 1.26 bits per heavy atom. The van der Waals surface area contributed by atoms with E-state index in [-0.39, 0.29) is 5.91 Å². The predicted molar refractivity (Wildman–Crippen MR) is 107 cm³/mol. The van der Waals surface area contributed by atoms with Crippen molar-refractivity contribution in [1.29, 1.82) is 0 Å². The molecule has 2 heterocycles. The molecule has 3 aromatic rings. The van der Waals surface area contributed by atoms with E-state index in [9.17, 15) is 9.59 Å². The van der Waals surface area contributed by atoms with Crippen molar-refractivity contribution in [3.8, 4) is 5.75 Å². The van der Waals surface area contributed by atoms with E-state index < -0.39 is 5.91 Å². The van der Waals surface area contributed by atoms with E-state index in [1.807, 2.05) is 29.8 Å². The van der Waals surface area contributed by atoms with Crippen LogP contribution in [0.2, 0.25) is 0 Å². The van der Waals surface area contributed by atoms with Gasteiger partial charge in [-0.05, 0) is 49.4 Å². The molecule has 0 atom stereocenters. The SMILES string of the molecule is COc1cccc2c1cc(C(=O)Nc1sc3c(c1C(N)=O)CCCC3)n2C. The van der Waals surface area contributed by atoms with Crippen LogP contribution in [0.4, 0.5) is 5.00 Å². The Labute approximate surface area is 160 Å². The lowest BCUT2D eigenvalue weighted by atomic mass is 9.95. The van der Waals surface area contributed by atoms with E-state index >= 15 is 0 Å². The number of nitrogens with zero attached hydrogens (tertiary/aromatic N) is 1. The number of hydrogen-bond donors (Lipinski definition) is 2. The molecule has 7 heteroatoms. The van der Waals surface area contributed by atoms with E-state index in [2.05, 4.69) is 5.32 Å². The van der Waals surface area contributed by atoms with Gasteiger partial charge in [0.25, 0.3) is 11.8 Å². The van der Waals surface area contributed by atoms with Crippen LogP contribution >= 0.6 is 11.3 Å². The summed E-state index contributed by atoms with van der Waals surface area (Å²) < 4.78 is 7.22. The van der Waals surface area contributed by atoms with Crippen molar-refractivity contribution >= 4 is 39.1 Å². The van der Waals surface area contributed by atoms with Crippen LogP contribution in [0, 0.1) is 0 Å². The maximum atomic E-state index is 13.0. The van der Waals surface area contributed by atoms with E-state index in [0.29, 0.717) is 22.0 Å². The van der Waals surface area contributed by atoms with Gasteiger partial charge in [0.15, 0.2) is 0 Å². The number of anilines is 1. The first kappa shape index (κ1) is 17.6. The number of nitrogens with one attached hydrogen (secondary N) is 1. The molecule has 1 aliphatic rings. The lowest BCUT2D eigenvalue weighted by Gasteiger charge is -2.11. The summed E-state index contributed by atoms with van der Waals surface area (Å²) in [6.45, 7) is 0. The van der Waals surface area contributed by atoms with Crippen molar-refractivity contribution in [2.24, 2.45) is 12.8 Å². The summed E-state index contributed by atoms with van der Waals surface area (Å²) in [4.78, 5) is 26.2. The smallest absolute Gasteiger partial charge is 0.272 e. The number of amides is 2. The van der Waals surface area contributed by atoms with Gasteiger partial charge >= 0.3 is 0 Å². The highest BCUT2D eigenvalue weighted by molar-refractivity contribution is 7.17. The molecule has 0 spiro atoms. The molecule has 1 aromatic carbocycles. The Kier molecular flexibility index (Phi) is 4.39. The fraction of sp³-hybridized carbons (Fsp3) is 0.300. The van der Waals surface area contributed by atoms with E-state index in [1.54, 1.807) is 13.2 Å². The molecule has 4 rings (SSSR count). The molecule has 1 aliphatic carbocycles. The highest BCUT2D eigenvalue weighted by Crippen LogP contribution is 2.38. The van der Waals surface area contributed by atoms with Gasteiger partial charge in [0, 0.05) is 17.3 Å². The molecule has 0 radical (unpaired) electrons. The summed E-state index contributed by atoms with van der Waals surface area (Å²) >= 11 is 1.47. The highest BCUT2D eigenvalue weighted by atomic mass is 32.1. The molecule has 0 aliphatic heterocycles. The topological polar surface area (TPSA) is 86.3 Å². The summed E-state index contributed by atoms with van der Waals surface area (Å²) in [6, 6.07) is 7.50. The van der Waals surface area contributed by atoms with E-state index in [0.717, 1.165) is 47.0 Å². The molecular weight excluding hydrogens is 362 g/mol. The zero-order valence-corrected chi connectivity index (χ0v) is 16.1. The molecule has 2 aromatic heterocycles.